The summed E-state index contributed by atoms with van der Waals surface area (Å²) in [5.74, 6) is -1.37. The summed E-state index contributed by atoms with van der Waals surface area (Å²) >= 11 is 0. The molecule has 0 aromatic carbocycles. The predicted molar refractivity (Wildman–Crippen MR) is 58.2 cm³/mol. The lowest BCUT2D eigenvalue weighted by Crippen LogP contribution is -2.36. The summed E-state index contributed by atoms with van der Waals surface area (Å²) in [4.78, 5) is 27.7. The predicted octanol–water partition coefficient (Wildman–Crippen LogP) is 0.937. The molecule has 0 atom stereocenters. The maximum Gasteiger partial charge on any atom is 0.323 e. The van der Waals surface area contributed by atoms with Gasteiger partial charge in [0, 0.05) is 12.7 Å². The molecule has 5 nitrogen and oxygen atoms in total. The number of rotatable bonds is 4. The van der Waals surface area contributed by atoms with Crippen molar-refractivity contribution in [3.63, 3.8) is 0 Å². The third kappa shape index (κ3) is 2.79. The second kappa shape index (κ2) is 5.25. The van der Waals surface area contributed by atoms with Gasteiger partial charge in [-0.15, -0.1) is 0 Å². The molecule has 5 heteroatoms. The Labute approximate surface area is 93.7 Å². The number of carbonyl (C=O) groups is 2. The van der Waals surface area contributed by atoms with E-state index in [0.717, 1.165) is 5.56 Å². The number of hydrogen-bond donors (Lipinski definition) is 1. The SMILES string of the molecule is CCN(CC(=O)O)C(=O)c1ncccc1C. The number of hydrogen-bond acceptors (Lipinski definition) is 3. The normalized spacial score (nSPS) is 9.88. The first kappa shape index (κ1) is 12.2. The number of carbonyl (C=O) groups excluding carboxylic acids is 1. The van der Waals surface area contributed by atoms with Crippen molar-refractivity contribution in [2.24, 2.45) is 0 Å². The maximum absolute atomic E-state index is 11.9. The van der Waals surface area contributed by atoms with Crippen LogP contribution in [0.15, 0.2) is 18.3 Å². The molecule has 0 fully saturated rings. The quantitative estimate of drug-likeness (QED) is 0.822. The molecular weight excluding hydrogens is 208 g/mol. The van der Waals surface area contributed by atoms with E-state index < -0.39 is 5.97 Å². The minimum absolute atomic E-state index is 0.300. The minimum Gasteiger partial charge on any atom is -0.480 e. The zero-order chi connectivity index (χ0) is 12.1. The molecule has 16 heavy (non-hydrogen) atoms. The Bertz CT molecular complexity index is 404. The van der Waals surface area contributed by atoms with E-state index in [9.17, 15) is 9.59 Å². The first-order chi connectivity index (χ1) is 7.56. The van der Waals surface area contributed by atoms with Crippen LogP contribution < -0.4 is 0 Å². The van der Waals surface area contributed by atoms with Crippen molar-refractivity contribution in [2.75, 3.05) is 13.1 Å². The van der Waals surface area contributed by atoms with Gasteiger partial charge in [-0.05, 0) is 25.5 Å². The highest BCUT2D eigenvalue weighted by molar-refractivity contribution is 5.95. The molecule has 0 aliphatic heterocycles. The van der Waals surface area contributed by atoms with Crippen LogP contribution in [0.4, 0.5) is 0 Å². The molecule has 0 unspecified atom stereocenters. The summed E-state index contributed by atoms with van der Waals surface area (Å²) in [6.45, 7) is 3.56. The average Bonchev–Trinajstić information content (AvgIpc) is 2.25. The Kier molecular flexibility index (Phi) is 3.99. The van der Waals surface area contributed by atoms with Gasteiger partial charge in [0.2, 0.25) is 0 Å². The van der Waals surface area contributed by atoms with Crippen LogP contribution in [-0.2, 0) is 4.79 Å². The number of carboxylic acids is 1. The summed E-state index contributed by atoms with van der Waals surface area (Å²) < 4.78 is 0. The molecule has 1 amide bonds. The molecule has 0 aliphatic carbocycles. The van der Waals surface area contributed by atoms with Crippen molar-refractivity contribution >= 4 is 11.9 Å². The van der Waals surface area contributed by atoms with Gasteiger partial charge in [0.15, 0.2) is 0 Å². The monoisotopic (exact) mass is 222 g/mol. The van der Waals surface area contributed by atoms with E-state index in [4.69, 9.17) is 5.11 Å². The van der Waals surface area contributed by atoms with Gasteiger partial charge in [-0.25, -0.2) is 0 Å². The van der Waals surface area contributed by atoms with E-state index in [1.807, 2.05) is 0 Å². The highest BCUT2D eigenvalue weighted by atomic mass is 16.4. The van der Waals surface area contributed by atoms with Gasteiger partial charge in [0.05, 0.1) is 0 Å². The Hall–Kier alpha value is -1.91. The zero-order valence-corrected chi connectivity index (χ0v) is 9.30. The molecular formula is C11H14N2O3. The summed E-state index contributed by atoms with van der Waals surface area (Å²) in [5.41, 5.74) is 1.06. The van der Waals surface area contributed by atoms with Crippen LogP contribution in [0.25, 0.3) is 0 Å². The van der Waals surface area contributed by atoms with Crippen LogP contribution in [0.2, 0.25) is 0 Å². The van der Waals surface area contributed by atoms with Gasteiger partial charge < -0.3 is 10.0 Å². The van der Waals surface area contributed by atoms with Crippen molar-refractivity contribution in [1.29, 1.82) is 0 Å². The van der Waals surface area contributed by atoms with E-state index in [1.165, 1.54) is 11.1 Å². The number of carboxylic acid groups (broad SMARTS) is 1. The average molecular weight is 222 g/mol. The summed E-state index contributed by atoms with van der Waals surface area (Å²) in [6, 6.07) is 3.51. The fourth-order valence-electron chi connectivity index (χ4n) is 1.35. The van der Waals surface area contributed by atoms with Gasteiger partial charge in [0.25, 0.3) is 5.91 Å². The Balaban J connectivity index is 2.91. The van der Waals surface area contributed by atoms with Crippen LogP contribution >= 0.6 is 0 Å². The number of pyridine rings is 1. The van der Waals surface area contributed by atoms with Gasteiger partial charge >= 0.3 is 5.97 Å². The van der Waals surface area contributed by atoms with Crippen LogP contribution in [0.3, 0.4) is 0 Å². The summed E-state index contributed by atoms with van der Waals surface area (Å²) in [6.07, 6.45) is 1.52. The summed E-state index contributed by atoms with van der Waals surface area (Å²) in [7, 11) is 0. The second-order valence-electron chi connectivity index (χ2n) is 3.38. The third-order valence-corrected chi connectivity index (χ3v) is 2.21. The number of amides is 1. The van der Waals surface area contributed by atoms with Crippen LogP contribution in [0, 0.1) is 6.92 Å². The number of aryl methyl sites for hydroxylation is 1. The van der Waals surface area contributed by atoms with Gasteiger partial charge in [-0.2, -0.15) is 0 Å². The van der Waals surface area contributed by atoms with E-state index >= 15 is 0 Å². The largest absolute Gasteiger partial charge is 0.480 e. The number of aliphatic carboxylic acids is 1. The van der Waals surface area contributed by atoms with E-state index in [0.29, 0.717) is 12.2 Å². The zero-order valence-electron chi connectivity index (χ0n) is 9.30. The number of likely N-dealkylation sites (N-methyl/N-ethyl adjacent to an activating group) is 1. The number of aromatic nitrogens is 1. The lowest BCUT2D eigenvalue weighted by Gasteiger charge is -2.18. The Morgan fingerprint density at radius 1 is 1.50 bits per heavy atom. The highest BCUT2D eigenvalue weighted by Gasteiger charge is 2.19. The fourth-order valence-corrected chi connectivity index (χ4v) is 1.35. The Morgan fingerprint density at radius 3 is 2.69 bits per heavy atom. The molecule has 0 spiro atoms. The van der Waals surface area contributed by atoms with E-state index in [2.05, 4.69) is 4.98 Å². The highest BCUT2D eigenvalue weighted by Crippen LogP contribution is 2.07. The summed E-state index contributed by atoms with van der Waals surface area (Å²) in [5, 5.41) is 8.67. The van der Waals surface area contributed by atoms with Gasteiger partial charge in [-0.3, -0.25) is 14.6 Å². The van der Waals surface area contributed by atoms with Crippen molar-refractivity contribution in [1.82, 2.24) is 9.88 Å². The van der Waals surface area contributed by atoms with Crippen molar-refractivity contribution < 1.29 is 14.7 Å². The smallest absolute Gasteiger partial charge is 0.323 e. The Morgan fingerprint density at radius 2 is 2.19 bits per heavy atom. The topological polar surface area (TPSA) is 70.5 Å². The molecule has 1 heterocycles. The molecule has 1 aromatic rings. The molecule has 1 N–H and O–H groups in total. The molecule has 1 aromatic heterocycles. The van der Waals surface area contributed by atoms with Gasteiger partial charge in [-0.1, -0.05) is 6.07 Å². The fraction of sp³-hybridized carbons (Fsp3) is 0.364. The molecule has 0 aliphatic rings. The van der Waals surface area contributed by atoms with Crippen molar-refractivity contribution in [2.45, 2.75) is 13.8 Å². The van der Waals surface area contributed by atoms with Crippen LogP contribution in [0.1, 0.15) is 23.0 Å². The lowest BCUT2D eigenvalue weighted by atomic mass is 10.2. The van der Waals surface area contributed by atoms with Crippen LogP contribution in [-0.4, -0.2) is 40.0 Å². The minimum atomic E-state index is -1.02. The molecule has 86 valence electrons. The molecule has 0 radical (unpaired) electrons. The molecule has 0 saturated heterocycles. The molecule has 1 rings (SSSR count). The molecule has 0 bridgehead atoms. The van der Waals surface area contributed by atoms with E-state index in [-0.39, 0.29) is 12.5 Å². The first-order valence-corrected chi connectivity index (χ1v) is 4.99. The number of nitrogens with zero attached hydrogens (tertiary/aromatic N) is 2. The van der Waals surface area contributed by atoms with Crippen molar-refractivity contribution in [3.8, 4) is 0 Å². The maximum atomic E-state index is 11.9. The lowest BCUT2D eigenvalue weighted by molar-refractivity contribution is -0.137. The van der Waals surface area contributed by atoms with Crippen molar-refractivity contribution in [3.05, 3.63) is 29.6 Å². The third-order valence-electron chi connectivity index (χ3n) is 2.21. The first-order valence-electron chi connectivity index (χ1n) is 4.99. The second-order valence-corrected chi connectivity index (χ2v) is 3.38. The molecule has 0 saturated carbocycles. The van der Waals surface area contributed by atoms with Crippen LogP contribution in [0.5, 0.6) is 0 Å². The standard InChI is InChI=1S/C11H14N2O3/c1-3-13(7-9(14)15)11(16)10-8(2)5-4-6-12-10/h4-6H,3,7H2,1-2H3,(H,14,15). The van der Waals surface area contributed by atoms with E-state index in [1.54, 1.807) is 26.0 Å². The van der Waals surface area contributed by atoms with Gasteiger partial charge in [0.1, 0.15) is 12.2 Å².